The Morgan fingerprint density at radius 1 is 1.04 bits per heavy atom. The lowest BCUT2D eigenvalue weighted by molar-refractivity contribution is 0.0939. The summed E-state index contributed by atoms with van der Waals surface area (Å²) in [6, 6.07) is 11.4. The Labute approximate surface area is 160 Å². The van der Waals surface area contributed by atoms with Gasteiger partial charge in [-0.3, -0.25) is 4.79 Å². The van der Waals surface area contributed by atoms with Crippen molar-refractivity contribution in [2.24, 2.45) is 0 Å². The normalized spacial score (nSPS) is 12.5. The van der Waals surface area contributed by atoms with Gasteiger partial charge >= 0.3 is 0 Å². The second kappa shape index (κ2) is 8.41. The third-order valence-electron chi connectivity index (χ3n) is 4.14. The van der Waals surface area contributed by atoms with Crippen molar-refractivity contribution in [2.45, 2.75) is 17.9 Å². The zero-order valence-corrected chi connectivity index (χ0v) is 16.8. The van der Waals surface area contributed by atoms with E-state index in [4.69, 9.17) is 9.47 Å². The monoisotopic (exact) mass is 392 g/mol. The number of rotatable bonds is 7. The molecule has 0 saturated carbocycles. The summed E-state index contributed by atoms with van der Waals surface area (Å²) in [6.45, 7) is 1.83. The summed E-state index contributed by atoms with van der Waals surface area (Å²) in [5.41, 5.74) is 1.04. The number of nitrogens with one attached hydrogen (secondary N) is 1. The summed E-state index contributed by atoms with van der Waals surface area (Å²) < 4.78 is 36.6. The van der Waals surface area contributed by atoms with Crippen LogP contribution in [0.1, 0.15) is 28.9 Å². The molecule has 7 nitrogen and oxygen atoms in total. The first kappa shape index (κ1) is 20.7. The Morgan fingerprint density at radius 3 is 2.26 bits per heavy atom. The average Bonchev–Trinajstić information content (AvgIpc) is 2.66. The van der Waals surface area contributed by atoms with E-state index in [1.165, 1.54) is 39.4 Å². The molecule has 0 aliphatic heterocycles. The van der Waals surface area contributed by atoms with Gasteiger partial charge in [-0.25, -0.2) is 12.7 Å². The highest BCUT2D eigenvalue weighted by atomic mass is 32.2. The second-order valence-electron chi connectivity index (χ2n) is 6.09. The summed E-state index contributed by atoms with van der Waals surface area (Å²) in [5, 5.41) is 2.86. The van der Waals surface area contributed by atoms with Crippen molar-refractivity contribution in [2.75, 3.05) is 28.3 Å². The molecule has 0 aromatic heterocycles. The fourth-order valence-corrected chi connectivity index (χ4v) is 3.67. The van der Waals surface area contributed by atoms with E-state index in [0.717, 1.165) is 9.87 Å². The lowest BCUT2D eigenvalue weighted by Gasteiger charge is -2.18. The largest absolute Gasteiger partial charge is 0.496 e. The van der Waals surface area contributed by atoms with Crippen LogP contribution >= 0.6 is 0 Å². The van der Waals surface area contributed by atoms with Crippen LogP contribution in [0.4, 0.5) is 0 Å². The first-order chi connectivity index (χ1) is 12.7. The predicted octanol–water partition coefficient (Wildman–Crippen LogP) is 2.45. The molecule has 0 aliphatic carbocycles. The Kier molecular flexibility index (Phi) is 6.45. The highest BCUT2D eigenvalue weighted by molar-refractivity contribution is 7.89. The Morgan fingerprint density at radius 2 is 1.67 bits per heavy atom. The van der Waals surface area contributed by atoms with Crippen LogP contribution in [0.3, 0.4) is 0 Å². The number of carbonyl (C=O) groups excluding carboxylic acids is 1. The van der Waals surface area contributed by atoms with Gasteiger partial charge in [-0.05, 0) is 31.2 Å². The molecule has 2 rings (SSSR count). The molecule has 146 valence electrons. The Balaban J connectivity index is 2.34. The molecule has 0 bridgehead atoms. The highest BCUT2D eigenvalue weighted by Gasteiger charge is 2.24. The molecule has 2 aromatic rings. The molecule has 1 N–H and O–H groups in total. The standard InChI is InChI=1S/C19H24N2O5S/c1-13(15-8-6-7-9-16(15)25-4)20-19(22)14-10-11-17(26-5)18(12-14)27(23,24)21(2)3/h6-13H,1-5H3,(H,20,22)/t13-/m0/s1. The maximum atomic E-state index is 12.7. The topological polar surface area (TPSA) is 84.9 Å². The van der Waals surface area contributed by atoms with Gasteiger partial charge in [0.15, 0.2) is 0 Å². The van der Waals surface area contributed by atoms with Crippen LogP contribution in [0.15, 0.2) is 47.4 Å². The summed E-state index contributed by atoms with van der Waals surface area (Å²) in [4.78, 5) is 12.6. The van der Waals surface area contributed by atoms with Crippen LogP contribution in [0, 0.1) is 0 Å². The first-order valence-corrected chi connectivity index (χ1v) is 9.70. The summed E-state index contributed by atoms with van der Waals surface area (Å²) in [6.07, 6.45) is 0. The number of hydrogen-bond acceptors (Lipinski definition) is 5. The number of carbonyl (C=O) groups is 1. The Bertz CT molecular complexity index is 925. The van der Waals surface area contributed by atoms with Crippen molar-refractivity contribution in [1.82, 2.24) is 9.62 Å². The first-order valence-electron chi connectivity index (χ1n) is 8.26. The summed E-state index contributed by atoms with van der Waals surface area (Å²) in [5.74, 6) is 0.445. The molecule has 1 amide bonds. The number of nitrogens with zero attached hydrogens (tertiary/aromatic N) is 1. The molecule has 8 heteroatoms. The van der Waals surface area contributed by atoms with Gasteiger partial charge in [0, 0.05) is 25.2 Å². The quantitative estimate of drug-likeness (QED) is 0.782. The van der Waals surface area contributed by atoms with E-state index in [1.54, 1.807) is 7.11 Å². The number of para-hydroxylation sites is 1. The molecule has 2 aromatic carbocycles. The minimum absolute atomic E-state index is 0.0624. The van der Waals surface area contributed by atoms with Gasteiger partial charge in [-0.15, -0.1) is 0 Å². The number of ether oxygens (including phenoxy) is 2. The Hall–Kier alpha value is -2.58. The van der Waals surface area contributed by atoms with E-state index in [1.807, 2.05) is 31.2 Å². The molecule has 0 fully saturated rings. The number of sulfonamides is 1. The predicted molar refractivity (Wildman–Crippen MR) is 103 cm³/mol. The van der Waals surface area contributed by atoms with Gasteiger partial charge in [0.2, 0.25) is 10.0 Å². The molecule has 1 atom stereocenters. The summed E-state index contributed by atoms with van der Waals surface area (Å²) >= 11 is 0. The highest BCUT2D eigenvalue weighted by Crippen LogP contribution is 2.28. The van der Waals surface area contributed by atoms with Crippen LogP contribution in [0.5, 0.6) is 11.5 Å². The van der Waals surface area contributed by atoms with Crippen molar-refractivity contribution >= 4 is 15.9 Å². The van der Waals surface area contributed by atoms with Gasteiger partial charge in [-0.2, -0.15) is 0 Å². The molecule has 0 radical (unpaired) electrons. The molecular formula is C19H24N2O5S. The van der Waals surface area contributed by atoms with Crippen molar-refractivity contribution in [3.8, 4) is 11.5 Å². The fourth-order valence-electron chi connectivity index (χ4n) is 2.60. The lowest BCUT2D eigenvalue weighted by Crippen LogP contribution is -2.28. The molecular weight excluding hydrogens is 368 g/mol. The average molecular weight is 392 g/mol. The van der Waals surface area contributed by atoms with Crippen LogP contribution < -0.4 is 14.8 Å². The minimum Gasteiger partial charge on any atom is -0.496 e. The molecule has 0 aliphatic rings. The van der Waals surface area contributed by atoms with Crippen molar-refractivity contribution in [3.05, 3.63) is 53.6 Å². The van der Waals surface area contributed by atoms with E-state index in [-0.39, 0.29) is 22.3 Å². The molecule has 0 saturated heterocycles. The van der Waals surface area contributed by atoms with Crippen LogP contribution in [0.25, 0.3) is 0 Å². The fraction of sp³-hybridized carbons (Fsp3) is 0.316. The number of benzene rings is 2. The molecule has 27 heavy (non-hydrogen) atoms. The third-order valence-corrected chi connectivity index (χ3v) is 5.97. The zero-order valence-electron chi connectivity index (χ0n) is 16.0. The number of methoxy groups -OCH3 is 2. The van der Waals surface area contributed by atoms with Crippen LogP contribution in [-0.4, -0.2) is 46.9 Å². The second-order valence-corrected chi connectivity index (χ2v) is 8.21. The SMILES string of the molecule is COc1ccccc1[C@H](C)NC(=O)c1ccc(OC)c(S(=O)(=O)N(C)C)c1. The minimum atomic E-state index is -3.76. The van der Waals surface area contributed by atoms with Gasteiger partial charge in [0.05, 0.1) is 20.3 Å². The third kappa shape index (κ3) is 4.40. The number of hydrogen-bond donors (Lipinski definition) is 1. The van der Waals surface area contributed by atoms with E-state index in [0.29, 0.717) is 5.75 Å². The smallest absolute Gasteiger partial charge is 0.251 e. The van der Waals surface area contributed by atoms with Crippen LogP contribution in [0.2, 0.25) is 0 Å². The van der Waals surface area contributed by atoms with Gasteiger partial charge in [0.1, 0.15) is 16.4 Å². The van der Waals surface area contributed by atoms with Crippen LogP contribution in [-0.2, 0) is 10.0 Å². The number of amides is 1. The summed E-state index contributed by atoms with van der Waals surface area (Å²) in [7, 11) is 2.03. The zero-order chi connectivity index (χ0) is 20.2. The maximum Gasteiger partial charge on any atom is 0.251 e. The van der Waals surface area contributed by atoms with Gasteiger partial charge in [0.25, 0.3) is 5.91 Å². The molecule has 0 heterocycles. The maximum absolute atomic E-state index is 12.7. The van der Waals surface area contributed by atoms with E-state index in [2.05, 4.69) is 5.32 Å². The molecule has 0 spiro atoms. The van der Waals surface area contributed by atoms with E-state index in [9.17, 15) is 13.2 Å². The van der Waals surface area contributed by atoms with Crippen molar-refractivity contribution in [1.29, 1.82) is 0 Å². The lowest BCUT2D eigenvalue weighted by atomic mass is 10.1. The van der Waals surface area contributed by atoms with E-state index >= 15 is 0 Å². The van der Waals surface area contributed by atoms with Crippen molar-refractivity contribution in [3.63, 3.8) is 0 Å². The van der Waals surface area contributed by atoms with Gasteiger partial charge in [-0.1, -0.05) is 18.2 Å². The molecule has 0 unspecified atom stereocenters. The van der Waals surface area contributed by atoms with Crippen molar-refractivity contribution < 1.29 is 22.7 Å². The van der Waals surface area contributed by atoms with Gasteiger partial charge < -0.3 is 14.8 Å². The van der Waals surface area contributed by atoms with E-state index < -0.39 is 15.9 Å².